The van der Waals surface area contributed by atoms with E-state index in [1.54, 1.807) is 39.9 Å². The maximum Gasteiger partial charge on any atom is 0.0989 e. The van der Waals surface area contributed by atoms with Crippen LogP contribution >= 0.6 is 0 Å². The Balaban J connectivity index is 4.57. The highest BCUT2D eigenvalue weighted by Crippen LogP contribution is 2.10. The van der Waals surface area contributed by atoms with Crippen molar-refractivity contribution < 1.29 is 10.2 Å². The lowest BCUT2D eigenvalue weighted by atomic mass is 9.98. The predicted octanol–water partition coefficient (Wildman–Crippen LogP) is 0.446. The first-order valence-corrected chi connectivity index (χ1v) is 4.39. The molecule has 0 aromatic heterocycles. The molecular weight excluding hydrogens is 168 g/mol. The summed E-state index contributed by atoms with van der Waals surface area (Å²) in [4.78, 5) is 0. The molecule has 4 nitrogen and oxygen atoms in total. The van der Waals surface area contributed by atoms with Crippen LogP contribution < -0.4 is 0 Å². The van der Waals surface area contributed by atoms with Crippen molar-refractivity contribution in [1.82, 2.24) is 5.01 Å². The second-order valence-electron chi connectivity index (χ2n) is 4.01. The van der Waals surface area contributed by atoms with Gasteiger partial charge in [0.25, 0.3) is 0 Å². The van der Waals surface area contributed by atoms with Crippen molar-refractivity contribution in [2.24, 2.45) is 5.10 Å². The van der Waals surface area contributed by atoms with Crippen molar-refractivity contribution in [2.45, 2.75) is 38.9 Å². The lowest BCUT2D eigenvalue weighted by Crippen LogP contribution is -2.35. The van der Waals surface area contributed by atoms with E-state index in [2.05, 4.69) is 5.10 Å². The lowest BCUT2D eigenvalue weighted by Gasteiger charge is -2.22. The van der Waals surface area contributed by atoms with E-state index >= 15 is 0 Å². The second-order valence-corrected chi connectivity index (χ2v) is 4.01. The number of hydrazone groups is 1. The molecule has 1 unspecified atom stereocenters. The first kappa shape index (κ1) is 12.4. The van der Waals surface area contributed by atoms with E-state index in [9.17, 15) is 10.2 Å². The summed E-state index contributed by atoms with van der Waals surface area (Å²) in [6.07, 6.45) is -0.0908. The molecule has 0 aliphatic rings. The van der Waals surface area contributed by atoms with E-state index in [1.807, 2.05) is 0 Å². The number of aliphatic hydroxyl groups excluding tert-OH is 1. The van der Waals surface area contributed by atoms with Gasteiger partial charge in [0.15, 0.2) is 0 Å². The van der Waals surface area contributed by atoms with E-state index in [0.717, 1.165) is 0 Å². The summed E-state index contributed by atoms with van der Waals surface area (Å²) in [5.41, 5.74) is -0.381. The third kappa shape index (κ3) is 5.60. The Labute approximate surface area is 79.9 Å². The van der Waals surface area contributed by atoms with E-state index in [1.165, 1.54) is 0 Å². The Morgan fingerprint density at radius 3 is 2.15 bits per heavy atom. The molecule has 0 spiro atoms. The molecule has 0 aromatic rings. The fourth-order valence-corrected chi connectivity index (χ4v) is 0.934. The van der Waals surface area contributed by atoms with E-state index in [4.69, 9.17) is 0 Å². The smallest absolute Gasteiger partial charge is 0.0989 e. The Morgan fingerprint density at radius 1 is 1.46 bits per heavy atom. The number of aliphatic hydroxyl groups is 2. The van der Waals surface area contributed by atoms with Crippen molar-refractivity contribution >= 4 is 5.71 Å². The van der Waals surface area contributed by atoms with Crippen LogP contribution in [0.2, 0.25) is 0 Å². The second kappa shape index (κ2) is 4.58. The van der Waals surface area contributed by atoms with Crippen LogP contribution in [-0.4, -0.2) is 46.7 Å². The van der Waals surface area contributed by atoms with Crippen molar-refractivity contribution in [3.63, 3.8) is 0 Å². The summed E-state index contributed by atoms with van der Waals surface area (Å²) in [7, 11) is 3.57. The predicted molar refractivity (Wildman–Crippen MR) is 53.7 cm³/mol. The molecule has 0 aromatic carbocycles. The minimum Gasteiger partial charge on any atom is -0.393 e. The Morgan fingerprint density at radius 2 is 1.92 bits per heavy atom. The van der Waals surface area contributed by atoms with E-state index in [-0.39, 0.29) is 0 Å². The van der Waals surface area contributed by atoms with Gasteiger partial charge in [0.1, 0.15) is 0 Å². The van der Waals surface area contributed by atoms with Gasteiger partial charge in [0, 0.05) is 20.5 Å². The first-order chi connectivity index (χ1) is 5.73. The molecule has 2 N–H and O–H groups in total. The molecule has 0 rings (SSSR count). The zero-order chi connectivity index (χ0) is 10.6. The van der Waals surface area contributed by atoms with Crippen LogP contribution in [0.5, 0.6) is 0 Å². The summed E-state index contributed by atoms with van der Waals surface area (Å²) in [6.45, 7) is 5.01. The van der Waals surface area contributed by atoms with Crippen LogP contribution in [0.15, 0.2) is 5.10 Å². The van der Waals surface area contributed by atoms with Crippen molar-refractivity contribution in [3.05, 3.63) is 0 Å². The van der Waals surface area contributed by atoms with Gasteiger partial charge in [-0.15, -0.1) is 0 Å². The summed E-state index contributed by atoms with van der Waals surface area (Å²) >= 11 is 0. The zero-order valence-corrected chi connectivity index (χ0v) is 9.07. The van der Waals surface area contributed by atoms with Gasteiger partial charge in [0.2, 0.25) is 0 Å². The van der Waals surface area contributed by atoms with Gasteiger partial charge in [-0.3, -0.25) is 0 Å². The Bertz CT molecular complexity index is 181. The topological polar surface area (TPSA) is 56.1 Å². The van der Waals surface area contributed by atoms with Crippen LogP contribution in [0.25, 0.3) is 0 Å². The molecule has 0 fully saturated rings. The van der Waals surface area contributed by atoms with E-state index in [0.29, 0.717) is 12.1 Å². The van der Waals surface area contributed by atoms with Crippen molar-refractivity contribution in [2.75, 3.05) is 14.1 Å². The van der Waals surface area contributed by atoms with Gasteiger partial charge < -0.3 is 15.2 Å². The van der Waals surface area contributed by atoms with Crippen LogP contribution in [0, 0.1) is 0 Å². The molecule has 0 radical (unpaired) electrons. The first-order valence-electron chi connectivity index (χ1n) is 4.39. The Hall–Kier alpha value is -0.610. The molecule has 0 saturated carbocycles. The maximum atomic E-state index is 9.71. The SMILES string of the molecule is CC(O)C/C(=N/N(C)C)C(C)(C)O. The summed E-state index contributed by atoms with van der Waals surface area (Å²) in [5.74, 6) is 0. The molecule has 0 saturated heterocycles. The fourth-order valence-electron chi connectivity index (χ4n) is 0.934. The van der Waals surface area contributed by atoms with Crippen molar-refractivity contribution in [3.8, 4) is 0 Å². The van der Waals surface area contributed by atoms with Crippen LogP contribution in [0.3, 0.4) is 0 Å². The molecule has 0 aliphatic heterocycles. The molecule has 0 bridgehead atoms. The number of nitrogens with zero attached hydrogens (tertiary/aromatic N) is 2. The number of hydrogen-bond donors (Lipinski definition) is 2. The quantitative estimate of drug-likeness (QED) is 0.497. The highest BCUT2D eigenvalue weighted by molar-refractivity contribution is 5.91. The highest BCUT2D eigenvalue weighted by Gasteiger charge is 2.23. The summed E-state index contributed by atoms with van der Waals surface area (Å²) in [5, 5.41) is 24.6. The molecule has 13 heavy (non-hydrogen) atoms. The van der Waals surface area contributed by atoms with E-state index < -0.39 is 11.7 Å². The molecule has 78 valence electrons. The van der Waals surface area contributed by atoms with Crippen molar-refractivity contribution in [1.29, 1.82) is 0 Å². The van der Waals surface area contributed by atoms with Gasteiger partial charge in [-0.05, 0) is 20.8 Å². The van der Waals surface area contributed by atoms with Gasteiger partial charge >= 0.3 is 0 Å². The standard InChI is InChI=1S/C9H20N2O2/c1-7(12)6-8(9(2,3)13)10-11(4)5/h7,12-13H,6H2,1-5H3/b10-8-. The maximum absolute atomic E-state index is 9.71. The third-order valence-corrected chi connectivity index (χ3v) is 1.52. The van der Waals surface area contributed by atoms with Crippen LogP contribution in [0.4, 0.5) is 0 Å². The van der Waals surface area contributed by atoms with Crippen LogP contribution in [0.1, 0.15) is 27.2 Å². The zero-order valence-electron chi connectivity index (χ0n) is 9.07. The molecule has 0 aliphatic carbocycles. The third-order valence-electron chi connectivity index (χ3n) is 1.52. The monoisotopic (exact) mass is 188 g/mol. The normalized spacial score (nSPS) is 15.8. The fraction of sp³-hybridized carbons (Fsp3) is 0.889. The molecular formula is C9H20N2O2. The van der Waals surface area contributed by atoms with Gasteiger partial charge in [-0.25, -0.2) is 0 Å². The lowest BCUT2D eigenvalue weighted by molar-refractivity contribution is 0.138. The average Bonchev–Trinajstić information content (AvgIpc) is 1.81. The molecule has 0 amide bonds. The Kier molecular flexibility index (Phi) is 4.36. The summed E-state index contributed by atoms with van der Waals surface area (Å²) in [6, 6.07) is 0. The summed E-state index contributed by atoms with van der Waals surface area (Å²) < 4.78 is 0. The molecule has 1 atom stereocenters. The minimum absolute atomic E-state index is 0.391. The number of hydrogen-bond acceptors (Lipinski definition) is 4. The highest BCUT2D eigenvalue weighted by atomic mass is 16.3. The largest absolute Gasteiger partial charge is 0.393 e. The minimum atomic E-state index is -0.971. The molecule has 0 heterocycles. The van der Waals surface area contributed by atoms with Gasteiger partial charge in [-0.2, -0.15) is 5.10 Å². The number of rotatable bonds is 4. The van der Waals surface area contributed by atoms with Gasteiger partial charge in [-0.1, -0.05) is 0 Å². The molecule has 4 heteroatoms. The van der Waals surface area contributed by atoms with Crippen LogP contribution in [-0.2, 0) is 0 Å². The van der Waals surface area contributed by atoms with Gasteiger partial charge in [0.05, 0.1) is 17.4 Å². The average molecular weight is 188 g/mol.